The van der Waals surface area contributed by atoms with Crippen LogP contribution in [0.15, 0.2) is 12.4 Å². The maximum atomic E-state index is 11.1. The lowest BCUT2D eigenvalue weighted by atomic mass is 10.3. The van der Waals surface area contributed by atoms with E-state index in [-0.39, 0.29) is 5.78 Å². The maximum Gasteiger partial charge on any atom is 0.194 e. The Morgan fingerprint density at radius 1 is 1.67 bits per heavy atom. The quantitative estimate of drug-likeness (QED) is 0.628. The van der Waals surface area contributed by atoms with Crippen molar-refractivity contribution in [3.63, 3.8) is 0 Å². The van der Waals surface area contributed by atoms with Gasteiger partial charge in [0.25, 0.3) is 0 Å². The minimum Gasteiger partial charge on any atom is -0.294 e. The molecule has 0 saturated carbocycles. The number of rotatable bonds is 1. The summed E-state index contributed by atoms with van der Waals surface area (Å²) in [6, 6.07) is 0. The number of fused-ring (bicyclic) bond motifs is 1. The summed E-state index contributed by atoms with van der Waals surface area (Å²) in [5, 5.41) is 0. The van der Waals surface area contributed by atoms with Crippen molar-refractivity contribution in [1.29, 1.82) is 0 Å². The smallest absolute Gasteiger partial charge is 0.194 e. The third kappa shape index (κ3) is 0.881. The predicted octanol–water partition coefficient (Wildman–Crippen LogP) is 1.91. The molecule has 0 fully saturated rings. The number of aromatic nitrogens is 2. The van der Waals surface area contributed by atoms with E-state index in [0.29, 0.717) is 0 Å². The highest BCUT2D eigenvalue weighted by atomic mass is 32.1. The molecule has 0 aromatic carbocycles. The van der Waals surface area contributed by atoms with Crippen molar-refractivity contribution in [3.8, 4) is 0 Å². The van der Waals surface area contributed by atoms with Gasteiger partial charge in [0.15, 0.2) is 10.7 Å². The zero-order chi connectivity index (χ0) is 8.72. The first kappa shape index (κ1) is 7.49. The van der Waals surface area contributed by atoms with Crippen molar-refractivity contribution in [2.75, 3.05) is 0 Å². The summed E-state index contributed by atoms with van der Waals surface area (Å²) >= 11 is 1.44. The first-order valence-electron chi connectivity index (χ1n) is 3.63. The summed E-state index contributed by atoms with van der Waals surface area (Å²) in [7, 11) is 0. The van der Waals surface area contributed by atoms with Gasteiger partial charge in [0.2, 0.25) is 0 Å². The fourth-order valence-corrected chi connectivity index (χ4v) is 2.20. The molecule has 0 aliphatic carbocycles. The number of aryl methyl sites for hydroxylation is 1. The summed E-state index contributed by atoms with van der Waals surface area (Å²) < 4.78 is 1.93. The molecule has 0 saturated heterocycles. The molecule has 0 N–H and O–H groups in total. The number of Topliss-reactive ketones (excluding diaryl/α,β-unsaturated/α-hetero) is 1. The van der Waals surface area contributed by atoms with E-state index in [9.17, 15) is 4.79 Å². The highest BCUT2D eigenvalue weighted by molar-refractivity contribution is 7.19. The van der Waals surface area contributed by atoms with Gasteiger partial charge in [-0.25, -0.2) is 4.98 Å². The van der Waals surface area contributed by atoms with Gasteiger partial charge in [0.05, 0.1) is 4.88 Å². The lowest BCUT2D eigenvalue weighted by molar-refractivity contribution is 0.102. The van der Waals surface area contributed by atoms with Gasteiger partial charge in [-0.1, -0.05) is 11.3 Å². The van der Waals surface area contributed by atoms with Crippen LogP contribution in [-0.4, -0.2) is 15.2 Å². The molecule has 0 unspecified atom stereocenters. The summed E-state index contributed by atoms with van der Waals surface area (Å²) in [4.78, 5) is 16.9. The standard InChI is InChI=1S/C8H8N2OS/c1-5-7(6(2)11)12-8-9-3-4-10(5)8/h3-4H,1-2H3. The molecule has 0 aliphatic heterocycles. The molecule has 0 spiro atoms. The second-order valence-corrected chi connectivity index (χ2v) is 3.63. The average Bonchev–Trinajstić information content (AvgIpc) is 2.53. The maximum absolute atomic E-state index is 11.1. The number of hydrogen-bond acceptors (Lipinski definition) is 3. The van der Waals surface area contributed by atoms with Crippen LogP contribution in [-0.2, 0) is 0 Å². The van der Waals surface area contributed by atoms with Crippen molar-refractivity contribution in [1.82, 2.24) is 9.38 Å². The molecule has 2 rings (SSSR count). The van der Waals surface area contributed by atoms with Crippen molar-refractivity contribution < 1.29 is 4.79 Å². The Morgan fingerprint density at radius 3 is 3.00 bits per heavy atom. The highest BCUT2D eigenvalue weighted by Gasteiger charge is 2.11. The largest absolute Gasteiger partial charge is 0.294 e. The summed E-state index contributed by atoms with van der Waals surface area (Å²) in [6.07, 6.45) is 3.61. The molecule has 2 aromatic rings. The Morgan fingerprint density at radius 2 is 2.42 bits per heavy atom. The van der Waals surface area contributed by atoms with Gasteiger partial charge in [-0.15, -0.1) is 0 Å². The lowest BCUT2D eigenvalue weighted by Gasteiger charge is -1.90. The molecule has 0 amide bonds. The summed E-state index contributed by atoms with van der Waals surface area (Å²) in [5.74, 6) is 0.114. The fourth-order valence-electron chi connectivity index (χ4n) is 1.22. The van der Waals surface area contributed by atoms with Gasteiger partial charge in [-0.3, -0.25) is 9.20 Å². The van der Waals surface area contributed by atoms with Crippen molar-refractivity contribution >= 4 is 22.1 Å². The van der Waals surface area contributed by atoms with Gasteiger partial charge in [0.1, 0.15) is 0 Å². The minimum absolute atomic E-state index is 0.114. The number of hydrogen-bond donors (Lipinski definition) is 0. The highest BCUT2D eigenvalue weighted by Crippen LogP contribution is 2.21. The zero-order valence-electron chi connectivity index (χ0n) is 6.87. The zero-order valence-corrected chi connectivity index (χ0v) is 7.68. The molecule has 0 radical (unpaired) electrons. The number of nitrogens with zero attached hydrogens (tertiary/aromatic N) is 2. The normalized spacial score (nSPS) is 10.8. The van der Waals surface area contributed by atoms with Crippen LogP contribution in [0.3, 0.4) is 0 Å². The van der Waals surface area contributed by atoms with Crippen molar-refractivity contribution in [3.05, 3.63) is 23.0 Å². The number of ketones is 1. The van der Waals surface area contributed by atoms with Crippen molar-refractivity contribution in [2.24, 2.45) is 0 Å². The van der Waals surface area contributed by atoms with Gasteiger partial charge in [0, 0.05) is 25.0 Å². The Labute approximate surface area is 73.7 Å². The van der Waals surface area contributed by atoms with E-state index in [0.717, 1.165) is 15.5 Å². The Hall–Kier alpha value is -1.16. The number of imidazole rings is 1. The van der Waals surface area contributed by atoms with Crippen LogP contribution in [0.4, 0.5) is 0 Å². The molecule has 62 valence electrons. The third-order valence-electron chi connectivity index (χ3n) is 1.81. The molecule has 0 aliphatic rings. The molecular formula is C8H8N2OS. The SMILES string of the molecule is CC(=O)c1sc2nccn2c1C. The van der Waals surface area contributed by atoms with E-state index >= 15 is 0 Å². The topological polar surface area (TPSA) is 34.4 Å². The number of thiazole rings is 1. The first-order chi connectivity index (χ1) is 5.70. The summed E-state index contributed by atoms with van der Waals surface area (Å²) in [6.45, 7) is 3.51. The van der Waals surface area contributed by atoms with Crippen LogP contribution in [0, 0.1) is 6.92 Å². The van der Waals surface area contributed by atoms with Crippen molar-refractivity contribution in [2.45, 2.75) is 13.8 Å². The monoisotopic (exact) mass is 180 g/mol. The van der Waals surface area contributed by atoms with Crippen LogP contribution in [0.5, 0.6) is 0 Å². The molecule has 3 nitrogen and oxygen atoms in total. The molecule has 12 heavy (non-hydrogen) atoms. The Balaban J connectivity index is 2.78. The van der Waals surface area contributed by atoms with E-state index in [4.69, 9.17) is 0 Å². The molecular weight excluding hydrogens is 172 g/mol. The average molecular weight is 180 g/mol. The Kier molecular flexibility index (Phi) is 1.51. The van der Waals surface area contributed by atoms with Crippen LogP contribution in [0.2, 0.25) is 0 Å². The Bertz CT molecular complexity index is 441. The van der Waals surface area contributed by atoms with E-state index in [1.165, 1.54) is 11.3 Å². The summed E-state index contributed by atoms with van der Waals surface area (Å²) in [5.41, 5.74) is 0.986. The first-order valence-corrected chi connectivity index (χ1v) is 4.45. The van der Waals surface area contributed by atoms with Gasteiger partial charge in [-0.2, -0.15) is 0 Å². The van der Waals surface area contributed by atoms with Crippen LogP contribution in [0.25, 0.3) is 4.96 Å². The van der Waals surface area contributed by atoms with Gasteiger partial charge < -0.3 is 0 Å². The van der Waals surface area contributed by atoms with Crippen LogP contribution >= 0.6 is 11.3 Å². The van der Waals surface area contributed by atoms with Gasteiger partial charge in [-0.05, 0) is 6.92 Å². The second kappa shape index (κ2) is 2.42. The molecule has 4 heteroatoms. The number of carbonyl (C=O) groups excluding carboxylic acids is 1. The molecule has 2 aromatic heterocycles. The second-order valence-electron chi connectivity index (χ2n) is 2.65. The van der Waals surface area contributed by atoms with E-state index < -0.39 is 0 Å². The van der Waals surface area contributed by atoms with E-state index in [2.05, 4.69) is 4.98 Å². The molecule has 0 atom stereocenters. The third-order valence-corrected chi connectivity index (χ3v) is 3.08. The molecule has 2 heterocycles. The van der Waals surface area contributed by atoms with E-state index in [1.54, 1.807) is 13.1 Å². The predicted molar refractivity (Wildman–Crippen MR) is 47.8 cm³/mol. The lowest BCUT2D eigenvalue weighted by Crippen LogP contribution is -1.92. The molecule has 0 bridgehead atoms. The van der Waals surface area contributed by atoms with Crippen LogP contribution < -0.4 is 0 Å². The number of carbonyl (C=O) groups is 1. The van der Waals surface area contributed by atoms with E-state index in [1.807, 2.05) is 17.5 Å². The van der Waals surface area contributed by atoms with Crippen LogP contribution in [0.1, 0.15) is 22.3 Å². The van der Waals surface area contributed by atoms with Gasteiger partial charge >= 0.3 is 0 Å². The fraction of sp³-hybridized carbons (Fsp3) is 0.250. The minimum atomic E-state index is 0.114.